The fourth-order valence-corrected chi connectivity index (χ4v) is 3.86. The molecule has 7 heteroatoms. The van der Waals surface area contributed by atoms with Gasteiger partial charge in [-0.05, 0) is 31.6 Å². The summed E-state index contributed by atoms with van der Waals surface area (Å²) in [5, 5.41) is 2.81. The molecule has 2 fully saturated rings. The monoisotopic (exact) mass is 303 g/mol. The number of likely N-dealkylation sites (tertiary alicyclic amines) is 1. The van der Waals surface area contributed by atoms with Gasteiger partial charge in [-0.3, -0.25) is 0 Å². The molecule has 0 aromatic rings. The van der Waals surface area contributed by atoms with Crippen LogP contribution in [0.4, 0.5) is 4.79 Å². The van der Waals surface area contributed by atoms with Crippen LogP contribution in [-0.2, 0) is 10.0 Å². The molecule has 2 N–H and O–H groups in total. The predicted molar refractivity (Wildman–Crippen MR) is 77.9 cm³/mol. The van der Waals surface area contributed by atoms with Crippen LogP contribution in [0.1, 0.15) is 38.5 Å². The largest absolute Gasteiger partial charge is 0.337 e. The molecule has 1 aliphatic heterocycles. The molecule has 2 rings (SSSR count). The Bertz CT molecular complexity index is 432. The Morgan fingerprint density at radius 1 is 1.15 bits per heavy atom. The first-order chi connectivity index (χ1) is 9.47. The van der Waals surface area contributed by atoms with Crippen molar-refractivity contribution in [2.24, 2.45) is 5.92 Å². The SMILES string of the molecule is CS(=O)(=O)NCCNC(=O)N1CCC[C@H]1C1CCCC1. The second-order valence-corrected chi connectivity index (χ2v) is 7.68. The molecule has 0 bridgehead atoms. The normalized spacial score (nSPS) is 24.2. The molecule has 0 aromatic heterocycles. The van der Waals surface area contributed by atoms with E-state index < -0.39 is 10.0 Å². The van der Waals surface area contributed by atoms with Gasteiger partial charge in [0.2, 0.25) is 10.0 Å². The Hall–Kier alpha value is -0.820. The Morgan fingerprint density at radius 3 is 2.50 bits per heavy atom. The van der Waals surface area contributed by atoms with Crippen molar-refractivity contribution in [3.05, 3.63) is 0 Å². The van der Waals surface area contributed by atoms with Crippen LogP contribution in [0, 0.1) is 5.92 Å². The molecule has 1 saturated carbocycles. The lowest BCUT2D eigenvalue weighted by molar-refractivity contribution is 0.173. The third-order valence-corrected chi connectivity index (χ3v) is 5.00. The highest BCUT2D eigenvalue weighted by Crippen LogP contribution is 2.35. The summed E-state index contributed by atoms with van der Waals surface area (Å²) >= 11 is 0. The van der Waals surface area contributed by atoms with Gasteiger partial charge in [0, 0.05) is 25.7 Å². The lowest BCUT2D eigenvalue weighted by atomic mass is 9.96. The smallest absolute Gasteiger partial charge is 0.317 e. The summed E-state index contributed by atoms with van der Waals surface area (Å²) in [4.78, 5) is 14.1. The van der Waals surface area contributed by atoms with E-state index in [4.69, 9.17) is 0 Å². The number of amides is 2. The van der Waals surface area contributed by atoms with E-state index in [0.717, 1.165) is 25.6 Å². The van der Waals surface area contributed by atoms with E-state index >= 15 is 0 Å². The van der Waals surface area contributed by atoms with Crippen LogP contribution in [0.3, 0.4) is 0 Å². The van der Waals surface area contributed by atoms with Crippen LogP contribution in [-0.4, -0.2) is 51.3 Å². The number of carbonyl (C=O) groups is 1. The molecular weight excluding hydrogens is 278 g/mol. The lowest BCUT2D eigenvalue weighted by Gasteiger charge is -2.29. The Kier molecular flexibility index (Phi) is 5.26. The van der Waals surface area contributed by atoms with Crippen LogP contribution in [0.2, 0.25) is 0 Å². The Balaban J connectivity index is 1.76. The average Bonchev–Trinajstić information content (AvgIpc) is 3.01. The molecule has 1 aliphatic carbocycles. The van der Waals surface area contributed by atoms with Crippen LogP contribution >= 0.6 is 0 Å². The van der Waals surface area contributed by atoms with Gasteiger partial charge in [0.05, 0.1) is 6.26 Å². The minimum absolute atomic E-state index is 0.0466. The Morgan fingerprint density at radius 2 is 1.85 bits per heavy atom. The Labute approximate surface area is 121 Å². The zero-order chi connectivity index (χ0) is 14.6. The van der Waals surface area contributed by atoms with E-state index in [9.17, 15) is 13.2 Å². The van der Waals surface area contributed by atoms with Gasteiger partial charge in [0.15, 0.2) is 0 Å². The van der Waals surface area contributed by atoms with Crippen LogP contribution in [0.5, 0.6) is 0 Å². The second-order valence-electron chi connectivity index (χ2n) is 5.85. The number of hydrogen-bond donors (Lipinski definition) is 2. The maximum atomic E-state index is 12.2. The predicted octanol–water partition coefficient (Wildman–Crippen LogP) is 0.900. The van der Waals surface area contributed by atoms with E-state index in [2.05, 4.69) is 10.0 Å². The fraction of sp³-hybridized carbons (Fsp3) is 0.923. The number of nitrogens with zero attached hydrogens (tertiary/aromatic N) is 1. The van der Waals surface area contributed by atoms with Crippen LogP contribution < -0.4 is 10.0 Å². The highest BCUT2D eigenvalue weighted by molar-refractivity contribution is 7.88. The van der Waals surface area contributed by atoms with Crippen molar-refractivity contribution in [2.45, 2.75) is 44.6 Å². The van der Waals surface area contributed by atoms with Gasteiger partial charge in [-0.2, -0.15) is 0 Å². The number of nitrogens with one attached hydrogen (secondary N) is 2. The summed E-state index contributed by atoms with van der Waals surface area (Å²) < 4.78 is 24.2. The molecule has 1 atom stereocenters. The zero-order valence-corrected chi connectivity index (χ0v) is 12.9. The van der Waals surface area contributed by atoms with Gasteiger partial charge in [-0.15, -0.1) is 0 Å². The van der Waals surface area contributed by atoms with Crippen molar-refractivity contribution in [1.29, 1.82) is 0 Å². The summed E-state index contributed by atoms with van der Waals surface area (Å²) in [7, 11) is -3.18. The lowest BCUT2D eigenvalue weighted by Crippen LogP contribution is -2.47. The number of rotatable bonds is 5. The number of sulfonamides is 1. The van der Waals surface area contributed by atoms with Crippen molar-refractivity contribution in [1.82, 2.24) is 14.9 Å². The zero-order valence-electron chi connectivity index (χ0n) is 12.1. The molecule has 0 radical (unpaired) electrons. The molecular formula is C13H25N3O3S. The maximum absolute atomic E-state index is 12.2. The fourth-order valence-electron chi connectivity index (χ4n) is 3.38. The number of carbonyl (C=O) groups excluding carboxylic acids is 1. The molecule has 0 aromatic carbocycles. The first-order valence-corrected chi connectivity index (χ1v) is 9.35. The van der Waals surface area contributed by atoms with Crippen molar-refractivity contribution < 1.29 is 13.2 Å². The molecule has 2 amide bonds. The second kappa shape index (κ2) is 6.76. The van der Waals surface area contributed by atoms with Crippen LogP contribution in [0.15, 0.2) is 0 Å². The molecule has 1 heterocycles. The molecule has 20 heavy (non-hydrogen) atoms. The van der Waals surface area contributed by atoms with Gasteiger partial charge in [0.25, 0.3) is 0 Å². The van der Waals surface area contributed by atoms with Crippen molar-refractivity contribution in [2.75, 3.05) is 25.9 Å². The average molecular weight is 303 g/mol. The van der Waals surface area contributed by atoms with Crippen molar-refractivity contribution in [3.8, 4) is 0 Å². The minimum atomic E-state index is -3.18. The number of urea groups is 1. The van der Waals surface area contributed by atoms with Gasteiger partial charge < -0.3 is 10.2 Å². The van der Waals surface area contributed by atoms with Crippen molar-refractivity contribution in [3.63, 3.8) is 0 Å². The molecule has 0 unspecified atom stereocenters. The van der Waals surface area contributed by atoms with Gasteiger partial charge in [-0.25, -0.2) is 17.9 Å². The minimum Gasteiger partial charge on any atom is -0.337 e. The molecule has 6 nitrogen and oxygen atoms in total. The maximum Gasteiger partial charge on any atom is 0.317 e. The third-order valence-electron chi connectivity index (χ3n) is 4.27. The highest BCUT2D eigenvalue weighted by Gasteiger charge is 2.35. The summed E-state index contributed by atoms with van der Waals surface area (Å²) in [5.41, 5.74) is 0. The summed E-state index contributed by atoms with van der Waals surface area (Å²) in [5.74, 6) is 0.664. The molecule has 2 aliphatic rings. The first-order valence-electron chi connectivity index (χ1n) is 7.46. The summed E-state index contributed by atoms with van der Waals surface area (Å²) in [6, 6.07) is 0.343. The molecule has 1 saturated heterocycles. The summed E-state index contributed by atoms with van der Waals surface area (Å²) in [6.07, 6.45) is 8.36. The molecule has 0 spiro atoms. The van der Waals surface area contributed by atoms with Gasteiger partial charge in [-0.1, -0.05) is 12.8 Å². The van der Waals surface area contributed by atoms with E-state index in [1.165, 1.54) is 25.7 Å². The van der Waals surface area contributed by atoms with Gasteiger partial charge >= 0.3 is 6.03 Å². The number of hydrogen-bond acceptors (Lipinski definition) is 3. The van der Waals surface area contributed by atoms with E-state index in [1.54, 1.807) is 0 Å². The topological polar surface area (TPSA) is 78.5 Å². The van der Waals surface area contributed by atoms with Crippen molar-refractivity contribution >= 4 is 16.1 Å². The first kappa shape index (κ1) is 15.6. The quantitative estimate of drug-likeness (QED) is 0.741. The van der Waals surface area contributed by atoms with E-state index in [-0.39, 0.29) is 12.6 Å². The third kappa shape index (κ3) is 4.34. The molecule has 116 valence electrons. The van der Waals surface area contributed by atoms with Crippen LogP contribution in [0.25, 0.3) is 0 Å². The van der Waals surface area contributed by atoms with E-state index in [0.29, 0.717) is 18.5 Å². The standard InChI is InChI=1S/C13H25N3O3S/c1-20(18,19)15-9-8-14-13(17)16-10-4-7-12(16)11-5-2-3-6-11/h11-12,15H,2-10H2,1H3,(H,14,17)/t12-/m0/s1. The van der Waals surface area contributed by atoms with E-state index in [1.807, 2.05) is 4.90 Å². The highest BCUT2D eigenvalue weighted by atomic mass is 32.2. The van der Waals surface area contributed by atoms with Gasteiger partial charge in [0.1, 0.15) is 0 Å². The summed E-state index contributed by atoms with van der Waals surface area (Å²) in [6.45, 7) is 1.40.